The highest BCUT2D eigenvalue weighted by Crippen LogP contribution is 2.38. The van der Waals surface area contributed by atoms with Crippen molar-refractivity contribution in [3.63, 3.8) is 0 Å². The Bertz CT molecular complexity index is 576. The summed E-state index contributed by atoms with van der Waals surface area (Å²) in [5.74, 6) is -0.261. The topological polar surface area (TPSA) is 55.1 Å². The van der Waals surface area contributed by atoms with Crippen molar-refractivity contribution in [1.29, 1.82) is 0 Å². The number of rotatable bonds is 4. The third kappa shape index (κ3) is 2.22. The molecule has 1 unspecified atom stereocenters. The van der Waals surface area contributed by atoms with Gasteiger partial charge < -0.3 is 5.73 Å². The van der Waals surface area contributed by atoms with Crippen molar-refractivity contribution in [3.05, 3.63) is 44.3 Å². The molecular formula is C14H16N2OS2. The van der Waals surface area contributed by atoms with Crippen LogP contribution in [0.1, 0.15) is 28.2 Å². The summed E-state index contributed by atoms with van der Waals surface area (Å²) in [6, 6.07) is 6.14. The number of hydrogen-bond acceptors (Lipinski definition) is 4. The van der Waals surface area contributed by atoms with Crippen LogP contribution >= 0.6 is 22.7 Å². The number of nitrogens with two attached hydrogens (primary N) is 1. The lowest BCUT2D eigenvalue weighted by atomic mass is 9.79. The first-order valence-electron chi connectivity index (χ1n) is 6.36. The molecule has 0 fully saturated rings. The van der Waals surface area contributed by atoms with Gasteiger partial charge in [0.25, 0.3) is 0 Å². The quantitative estimate of drug-likeness (QED) is 0.910. The summed E-state index contributed by atoms with van der Waals surface area (Å²) in [7, 11) is 0. The van der Waals surface area contributed by atoms with Gasteiger partial charge in [-0.25, -0.2) is 0 Å². The van der Waals surface area contributed by atoms with Crippen LogP contribution in [0.5, 0.6) is 0 Å². The van der Waals surface area contributed by atoms with Crippen molar-refractivity contribution in [1.82, 2.24) is 5.32 Å². The number of amides is 1. The van der Waals surface area contributed by atoms with Crippen LogP contribution in [0.2, 0.25) is 0 Å². The van der Waals surface area contributed by atoms with Crippen LogP contribution in [0, 0.1) is 0 Å². The highest BCUT2D eigenvalue weighted by atomic mass is 32.1. The van der Waals surface area contributed by atoms with E-state index in [1.807, 2.05) is 17.5 Å². The Kier molecular flexibility index (Phi) is 3.43. The number of aryl methyl sites for hydroxylation is 1. The molecule has 0 aliphatic heterocycles. The van der Waals surface area contributed by atoms with E-state index < -0.39 is 5.54 Å². The van der Waals surface area contributed by atoms with E-state index in [1.54, 1.807) is 22.7 Å². The zero-order valence-corrected chi connectivity index (χ0v) is 12.2. The van der Waals surface area contributed by atoms with Gasteiger partial charge in [-0.3, -0.25) is 10.1 Å². The first kappa shape index (κ1) is 12.8. The van der Waals surface area contributed by atoms with Gasteiger partial charge in [0.05, 0.1) is 0 Å². The molecular weight excluding hydrogens is 276 g/mol. The third-order valence-electron chi connectivity index (χ3n) is 3.73. The largest absolute Gasteiger partial charge is 0.368 e. The summed E-state index contributed by atoms with van der Waals surface area (Å²) in [6.45, 7) is 0.690. The molecule has 0 spiro atoms. The summed E-state index contributed by atoms with van der Waals surface area (Å²) < 4.78 is 0. The van der Waals surface area contributed by atoms with Crippen LogP contribution in [-0.2, 0) is 23.3 Å². The van der Waals surface area contributed by atoms with Gasteiger partial charge in [0.15, 0.2) is 0 Å². The number of carbonyl (C=O) groups excluding carboxylic acids is 1. The summed E-state index contributed by atoms with van der Waals surface area (Å²) >= 11 is 3.42. The molecule has 1 aliphatic rings. The third-order valence-corrected chi connectivity index (χ3v) is 5.58. The average molecular weight is 292 g/mol. The Morgan fingerprint density at radius 3 is 3.00 bits per heavy atom. The Labute approximate surface area is 120 Å². The molecule has 5 heteroatoms. The molecule has 3 rings (SSSR count). The molecule has 2 aromatic heterocycles. The lowest BCUT2D eigenvalue weighted by molar-refractivity contribution is -0.125. The van der Waals surface area contributed by atoms with E-state index in [9.17, 15) is 4.79 Å². The van der Waals surface area contributed by atoms with E-state index in [2.05, 4.69) is 16.8 Å². The summed E-state index contributed by atoms with van der Waals surface area (Å²) in [4.78, 5) is 14.6. The molecule has 3 N–H and O–H groups in total. The molecule has 0 saturated heterocycles. The average Bonchev–Trinajstić information content (AvgIpc) is 3.07. The van der Waals surface area contributed by atoms with Gasteiger partial charge in [0, 0.05) is 16.3 Å². The first-order valence-corrected chi connectivity index (χ1v) is 8.12. The fraction of sp³-hybridized carbons (Fsp3) is 0.357. The van der Waals surface area contributed by atoms with E-state index in [-0.39, 0.29) is 5.91 Å². The van der Waals surface area contributed by atoms with Gasteiger partial charge in [0.2, 0.25) is 5.91 Å². The Balaban J connectivity index is 1.91. The lowest BCUT2D eigenvalue weighted by Gasteiger charge is -2.35. The zero-order valence-electron chi connectivity index (χ0n) is 10.5. The number of nitrogens with one attached hydrogen (secondary N) is 1. The second-order valence-corrected chi connectivity index (χ2v) is 6.85. The highest BCUT2D eigenvalue weighted by molar-refractivity contribution is 7.10. The van der Waals surface area contributed by atoms with Crippen molar-refractivity contribution >= 4 is 28.6 Å². The predicted octanol–water partition coefficient (Wildman–Crippen LogP) is 2.62. The molecule has 0 radical (unpaired) electrons. The van der Waals surface area contributed by atoms with Crippen molar-refractivity contribution in [2.75, 3.05) is 0 Å². The van der Waals surface area contributed by atoms with Gasteiger partial charge >= 0.3 is 0 Å². The normalized spacial score (nSPS) is 22.1. The number of thiophene rings is 2. The van der Waals surface area contributed by atoms with Crippen molar-refractivity contribution in [3.8, 4) is 0 Å². The van der Waals surface area contributed by atoms with Crippen molar-refractivity contribution in [2.45, 2.75) is 31.3 Å². The van der Waals surface area contributed by atoms with Crippen LogP contribution in [0.3, 0.4) is 0 Å². The monoisotopic (exact) mass is 292 g/mol. The number of hydrogen-bond donors (Lipinski definition) is 2. The molecule has 19 heavy (non-hydrogen) atoms. The van der Waals surface area contributed by atoms with Gasteiger partial charge in [-0.05, 0) is 47.7 Å². The van der Waals surface area contributed by atoms with E-state index in [1.165, 1.54) is 9.75 Å². The maximum atomic E-state index is 12.1. The summed E-state index contributed by atoms with van der Waals surface area (Å²) in [5, 5.41) is 7.52. The Hall–Kier alpha value is -1.17. The van der Waals surface area contributed by atoms with Crippen molar-refractivity contribution < 1.29 is 4.79 Å². The molecule has 100 valence electrons. The van der Waals surface area contributed by atoms with Crippen molar-refractivity contribution in [2.24, 2.45) is 5.73 Å². The van der Waals surface area contributed by atoms with Gasteiger partial charge in [-0.1, -0.05) is 6.07 Å². The minimum Gasteiger partial charge on any atom is -0.368 e. The molecule has 2 aromatic rings. The molecule has 2 heterocycles. The molecule has 1 aliphatic carbocycles. The summed E-state index contributed by atoms with van der Waals surface area (Å²) in [6.07, 6.45) is 2.86. The Morgan fingerprint density at radius 2 is 2.26 bits per heavy atom. The van der Waals surface area contributed by atoms with Gasteiger partial charge in [-0.2, -0.15) is 0 Å². The maximum absolute atomic E-state index is 12.1. The predicted molar refractivity (Wildman–Crippen MR) is 79.3 cm³/mol. The highest BCUT2D eigenvalue weighted by Gasteiger charge is 2.42. The second kappa shape index (κ2) is 5.07. The standard InChI is InChI=1S/C14H16N2OS2/c15-13(17)14(16-9-10-3-2-7-18-10)6-1-4-12-11(14)5-8-19-12/h2-3,5,7-8,16H,1,4,6,9H2,(H2,15,17). The van der Waals surface area contributed by atoms with E-state index >= 15 is 0 Å². The van der Waals surface area contributed by atoms with Crippen LogP contribution in [-0.4, -0.2) is 5.91 Å². The Morgan fingerprint density at radius 1 is 1.37 bits per heavy atom. The minimum atomic E-state index is -0.683. The number of carbonyl (C=O) groups is 1. The minimum absolute atomic E-state index is 0.261. The van der Waals surface area contributed by atoms with E-state index in [0.29, 0.717) is 6.54 Å². The van der Waals surface area contributed by atoms with E-state index in [0.717, 1.165) is 24.8 Å². The lowest BCUT2D eigenvalue weighted by Crippen LogP contribution is -2.53. The molecule has 1 atom stereocenters. The number of primary amides is 1. The summed E-state index contributed by atoms with van der Waals surface area (Å²) in [5.41, 5.74) is 6.13. The van der Waals surface area contributed by atoms with Crippen LogP contribution in [0.4, 0.5) is 0 Å². The first-order chi connectivity index (χ1) is 9.22. The molecule has 0 saturated carbocycles. The van der Waals surface area contributed by atoms with Crippen LogP contribution < -0.4 is 11.1 Å². The number of fused-ring (bicyclic) bond motifs is 1. The van der Waals surface area contributed by atoms with E-state index in [4.69, 9.17) is 5.73 Å². The maximum Gasteiger partial charge on any atom is 0.242 e. The molecule has 1 amide bonds. The fourth-order valence-electron chi connectivity index (χ4n) is 2.74. The second-order valence-electron chi connectivity index (χ2n) is 4.81. The molecule has 3 nitrogen and oxygen atoms in total. The molecule has 0 bridgehead atoms. The van der Waals surface area contributed by atoms with Crippen LogP contribution in [0.15, 0.2) is 29.0 Å². The molecule has 0 aromatic carbocycles. The van der Waals surface area contributed by atoms with Gasteiger partial charge in [0.1, 0.15) is 5.54 Å². The zero-order chi connectivity index (χ0) is 13.3. The van der Waals surface area contributed by atoms with Gasteiger partial charge in [-0.15, -0.1) is 22.7 Å². The fourth-order valence-corrected chi connectivity index (χ4v) is 4.39. The van der Waals surface area contributed by atoms with Crippen LogP contribution in [0.25, 0.3) is 0 Å². The SMILES string of the molecule is NC(=O)C1(NCc2cccs2)CCCc2sccc21. The smallest absolute Gasteiger partial charge is 0.242 e.